The first-order valence-electron chi connectivity index (χ1n) is 13.5. The highest BCUT2D eigenvalue weighted by atomic mass is 19.4. The number of fused-ring (bicyclic) bond motifs is 5. The Balaban J connectivity index is 1.65. The van der Waals surface area contributed by atoms with Crippen LogP contribution in [0.1, 0.15) is 44.4 Å². The summed E-state index contributed by atoms with van der Waals surface area (Å²) in [5.41, 5.74) is 3.47. The van der Waals surface area contributed by atoms with E-state index in [0.29, 0.717) is 11.5 Å². The fourth-order valence-electron chi connectivity index (χ4n) is 6.15. The second-order valence-corrected chi connectivity index (χ2v) is 12.1. The maximum Gasteiger partial charge on any atom is 0.394 e. The summed E-state index contributed by atoms with van der Waals surface area (Å²) >= 11 is 0. The molecular weight excluding hydrogens is 495 g/mol. The molecule has 6 rings (SSSR count). The van der Waals surface area contributed by atoms with Crippen LogP contribution in [0.15, 0.2) is 60.8 Å². The molecule has 5 heteroatoms. The lowest BCUT2D eigenvalue weighted by atomic mass is 9.83. The van der Waals surface area contributed by atoms with Crippen molar-refractivity contribution in [3.8, 4) is 22.8 Å². The monoisotopic (exact) mass is 528 g/mol. The minimum Gasteiger partial charge on any atom is -0.455 e. The number of hydrogen-bond donors (Lipinski definition) is 0. The highest BCUT2D eigenvalue weighted by Crippen LogP contribution is 2.53. The highest BCUT2D eigenvalue weighted by molar-refractivity contribution is 6.13. The van der Waals surface area contributed by atoms with Gasteiger partial charge in [0.05, 0.1) is 16.4 Å². The van der Waals surface area contributed by atoms with Crippen LogP contribution in [0.25, 0.3) is 43.6 Å². The molecule has 0 spiro atoms. The van der Waals surface area contributed by atoms with E-state index in [1.165, 1.54) is 35.7 Å². The van der Waals surface area contributed by atoms with E-state index in [1.807, 2.05) is 18.2 Å². The molecule has 5 aromatic rings. The number of hydrogen-bond acceptors (Lipinski definition) is 1. The lowest BCUT2D eigenvalue weighted by molar-refractivity contribution is -0.659. The topological polar surface area (TPSA) is 13.1 Å². The third-order valence-electron chi connectivity index (χ3n) is 8.25. The molecule has 0 radical (unpaired) electrons. The van der Waals surface area contributed by atoms with E-state index in [2.05, 4.69) is 75.0 Å². The zero-order chi connectivity index (χ0) is 27.9. The third-order valence-corrected chi connectivity index (χ3v) is 8.25. The van der Waals surface area contributed by atoms with E-state index in [0.717, 1.165) is 50.7 Å². The van der Waals surface area contributed by atoms with Crippen molar-refractivity contribution in [1.82, 2.24) is 0 Å². The predicted molar refractivity (Wildman–Crippen MR) is 152 cm³/mol. The van der Waals surface area contributed by atoms with E-state index in [-0.39, 0.29) is 6.42 Å². The summed E-state index contributed by atoms with van der Waals surface area (Å²) in [7, 11) is 2.07. The second kappa shape index (κ2) is 8.70. The zero-order valence-corrected chi connectivity index (χ0v) is 23.3. The summed E-state index contributed by atoms with van der Waals surface area (Å²) in [6, 6.07) is 18.3. The number of alkyl halides is 3. The van der Waals surface area contributed by atoms with Gasteiger partial charge in [-0.2, -0.15) is 13.2 Å². The van der Waals surface area contributed by atoms with Gasteiger partial charge >= 0.3 is 6.18 Å². The van der Waals surface area contributed by atoms with Gasteiger partial charge in [-0.1, -0.05) is 70.2 Å². The Morgan fingerprint density at radius 3 is 2.28 bits per heavy atom. The maximum atomic E-state index is 13.6. The van der Waals surface area contributed by atoms with Gasteiger partial charge in [0, 0.05) is 17.0 Å². The average Bonchev–Trinajstić information content (AvgIpc) is 2.86. The van der Waals surface area contributed by atoms with Crippen LogP contribution in [0.5, 0.6) is 11.5 Å². The van der Waals surface area contributed by atoms with E-state index in [1.54, 1.807) is 0 Å². The molecule has 0 bridgehead atoms. The Morgan fingerprint density at radius 2 is 1.59 bits per heavy atom. The highest BCUT2D eigenvalue weighted by Gasteiger charge is 2.47. The fourth-order valence-corrected chi connectivity index (χ4v) is 6.15. The molecule has 1 aliphatic heterocycles. The van der Waals surface area contributed by atoms with Crippen LogP contribution in [-0.4, -0.2) is 6.18 Å². The van der Waals surface area contributed by atoms with Crippen molar-refractivity contribution in [2.75, 3.05) is 0 Å². The van der Waals surface area contributed by atoms with Gasteiger partial charge in [0.15, 0.2) is 6.20 Å². The molecule has 0 unspecified atom stereocenters. The number of rotatable bonds is 4. The van der Waals surface area contributed by atoms with Crippen LogP contribution >= 0.6 is 0 Å². The molecule has 0 N–H and O–H groups in total. The Labute approximate surface area is 227 Å². The summed E-state index contributed by atoms with van der Waals surface area (Å²) in [5.74, 6) is 2.11. The first-order chi connectivity index (χ1) is 18.4. The number of halogens is 3. The first-order valence-corrected chi connectivity index (χ1v) is 13.5. The van der Waals surface area contributed by atoms with E-state index in [9.17, 15) is 13.2 Å². The SMILES string of the molecule is Cc1c2c(c(CC(C)C)c3ccccc13)Oc1c3ccc(CC(C)(C)C(F)(F)F)cc3cc3cc[n+](C)c-2c13. The van der Waals surface area contributed by atoms with Gasteiger partial charge in [-0.3, -0.25) is 0 Å². The van der Waals surface area contributed by atoms with Crippen LogP contribution in [0.2, 0.25) is 0 Å². The summed E-state index contributed by atoms with van der Waals surface area (Å²) in [4.78, 5) is 0. The van der Waals surface area contributed by atoms with Crippen molar-refractivity contribution < 1.29 is 22.5 Å². The van der Waals surface area contributed by atoms with Gasteiger partial charge in [-0.25, -0.2) is 4.57 Å². The molecule has 39 heavy (non-hydrogen) atoms. The number of aromatic nitrogens is 1. The molecule has 4 aromatic carbocycles. The maximum absolute atomic E-state index is 13.6. The molecule has 0 fully saturated rings. The van der Waals surface area contributed by atoms with Crippen LogP contribution < -0.4 is 9.30 Å². The van der Waals surface area contributed by atoms with Crippen molar-refractivity contribution in [1.29, 1.82) is 0 Å². The van der Waals surface area contributed by atoms with E-state index in [4.69, 9.17) is 4.74 Å². The average molecular weight is 529 g/mol. The molecule has 1 aromatic heterocycles. The van der Waals surface area contributed by atoms with Gasteiger partial charge < -0.3 is 4.74 Å². The largest absolute Gasteiger partial charge is 0.455 e. The van der Waals surface area contributed by atoms with E-state index < -0.39 is 11.6 Å². The second-order valence-electron chi connectivity index (χ2n) is 12.1. The summed E-state index contributed by atoms with van der Waals surface area (Å²) < 4.78 is 50.0. The van der Waals surface area contributed by atoms with Crippen LogP contribution in [0, 0.1) is 18.3 Å². The molecule has 0 saturated heterocycles. The molecule has 0 amide bonds. The number of ether oxygens (including phenoxy) is 1. The van der Waals surface area contributed by atoms with Crippen molar-refractivity contribution in [2.45, 2.75) is 53.6 Å². The molecule has 2 nitrogen and oxygen atoms in total. The lowest BCUT2D eigenvalue weighted by Gasteiger charge is -2.28. The number of nitrogens with zero attached hydrogens (tertiary/aromatic N) is 1. The van der Waals surface area contributed by atoms with Crippen molar-refractivity contribution in [3.63, 3.8) is 0 Å². The van der Waals surface area contributed by atoms with Crippen LogP contribution in [0.4, 0.5) is 13.2 Å². The van der Waals surface area contributed by atoms with Gasteiger partial charge in [-0.15, -0.1) is 0 Å². The number of benzene rings is 4. The summed E-state index contributed by atoms with van der Waals surface area (Å²) in [5, 5.41) is 6.29. The van der Waals surface area contributed by atoms with Gasteiger partial charge in [0.2, 0.25) is 5.69 Å². The summed E-state index contributed by atoms with van der Waals surface area (Å²) in [6.45, 7) is 9.13. The van der Waals surface area contributed by atoms with Crippen molar-refractivity contribution in [3.05, 3.63) is 77.5 Å². The molecule has 1 aliphatic rings. The van der Waals surface area contributed by atoms with Gasteiger partial charge in [-0.05, 0) is 64.4 Å². The Kier molecular flexibility index (Phi) is 5.73. The first kappa shape index (κ1) is 25.7. The quantitative estimate of drug-likeness (QED) is 0.164. The minimum atomic E-state index is -4.28. The minimum absolute atomic E-state index is 0.0811. The Morgan fingerprint density at radius 1 is 0.872 bits per heavy atom. The molecule has 0 saturated carbocycles. The molecule has 2 heterocycles. The van der Waals surface area contributed by atoms with Crippen LogP contribution in [-0.2, 0) is 19.9 Å². The normalized spacial score (nSPS) is 13.4. The molecule has 0 atom stereocenters. The smallest absolute Gasteiger partial charge is 0.394 e. The predicted octanol–water partition coefficient (Wildman–Crippen LogP) is 9.38. The van der Waals surface area contributed by atoms with Crippen molar-refractivity contribution >= 4 is 32.3 Å². The Bertz CT molecular complexity index is 1800. The fraction of sp³-hybridized carbons (Fsp3) is 0.324. The Hall–Kier alpha value is -3.60. The lowest BCUT2D eigenvalue weighted by Crippen LogP contribution is -2.34. The third kappa shape index (κ3) is 3.97. The number of aryl methyl sites for hydroxylation is 2. The summed E-state index contributed by atoms with van der Waals surface area (Å²) in [6.07, 6.45) is -1.42. The van der Waals surface area contributed by atoms with Crippen molar-refractivity contribution in [2.24, 2.45) is 18.4 Å². The number of pyridine rings is 1. The van der Waals surface area contributed by atoms with Gasteiger partial charge in [0.25, 0.3) is 0 Å². The molecular formula is C34H33F3NO+. The molecule has 200 valence electrons. The zero-order valence-electron chi connectivity index (χ0n) is 23.3. The standard InChI is InChI=1S/C34H33F3NO/c1-19(2)15-27-26-10-8-7-9-24(26)20(3)28-30-29-22(13-14-38(30)6)17-23-16-21(18-33(4,5)34(35,36)37)11-12-25(23)31(29)39-32(27)28/h7-14,16-17,19H,15,18H2,1-6H3/q+1. The molecule has 0 aliphatic carbocycles. The van der Waals surface area contributed by atoms with Gasteiger partial charge in [0.1, 0.15) is 18.5 Å². The van der Waals surface area contributed by atoms with E-state index >= 15 is 0 Å². The van der Waals surface area contributed by atoms with Crippen LogP contribution in [0.3, 0.4) is 0 Å².